The Bertz CT molecular complexity index is 341. The van der Waals surface area contributed by atoms with E-state index in [9.17, 15) is 4.79 Å². The van der Waals surface area contributed by atoms with Gasteiger partial charge in [0.15, 0.2) is 5.17 Å². The van der Waals surface area contributed by atoms with E-state index in [1.807, 2.05) is 30.3 Å². The van der Waals surface area contributed by atoms with Crippen LogP contribution in [0.2, 0.25) is 0 Å². The van der Waals surface area contributed by atoms with Crippen LogP contribution in [-0.4, -0.2) is 16.9 Å². The molecule has 0 aliphatic rings. The Morgan fingerprint density at radius 1 is 1.40 bits per heavy atom. The van der Waals surface area contributed by atoms with Crippen LogP contribution in [0.3, 0.4) is 0 Å². The molecule has 0 heterocycles. The summed E-state index contributed by atoms with van der Waals surface area (Å²) in [6, 6.07) is 9.43. The number of hydrogen-bond donors (Lipinski definition) is 2. The third kappa shape index (κ3) is 5.07. The van der Waals surface area contributed by atoms with Crippen LogP contribution < -0.4 is 5.73 Å². The number of hydrogen-bond acceptors (Lipinski definition) is 4. The largest absolute Gasteiger partial charge is 0.460 e. The summed E-state index contributed by atoms with van der Waals surface area (Å²) in [6.07, 6.45) is 0. The fourth-order valence-corrected chi connectivity index (χ4v) is 1.27. The van der Waals surface area contributed by atoms with Crippen molar-refractivity contribution in [2.24, 2.45) is 5.73 Å². The van der Waals surface area contributed by atoms with Crippen LogP contribution in [0.25, 0.3) is 0 Å². The molecule has 0 radical (unpaired) electrons. The minimum absolute atomic E-state index is 0.0772. The molecular weight excluding hydrogens is 212 g/mol. The maximum atomic E-state index is 11.1. The van der Waals surface area contributed by atoms with Gasteiger partial charge in [0.1, 0.15) is 6.61 Å². The van der Waals surface area contributed by atoms with Gasteiger partial charge in [0.2, 0.25) is 0 Å². The zero-order valence-corrected chi connectivity index (χ0v) is 8.92. The molecule has 1 rings (SSSR count). The third-order valence-electron chi connectivity index (χ3n) is 1.59. The highest BCUT2D eigenvalue weighted by atomic mass is 32.2. The van der Waals surface area contributed by atoms with Crippen LogP contribution in [-0.2, 0) is 16.1 Å². The van der Waals surface area contributed by atoms with Crippen LogP contribution >= 0.6 is 11.8 Å². The Labute approximate surface area is 92.3 Å². The molecule has 3 N–H and O–H groups in total. The summed E-state index contributed by atoms with van der Waals surface area (Å²) in [4.78, 5) is 11.1. The molecule has 0 aliphatic heterocycles. The van der Waals surface area contributed by atoms with Crippen LogP contribution in [0.15, 0.2) is 30.3 Å². The van der Waals surface area contributed by atoms with Crippen molar-refractivity contribution in [1.82, 2.24) is 0 Å². The van der Waals surface area contributed by atoms with Gasteiger partial charge in [-0.3, -0.25) is 10.2 Å². The van der Waals surface area contributed by atoms with Gasteiger partial charge in [0.25, 0.3) is 0 Å². The molecule has 0 bridgehead atoms. The first-order valence-electron chi connectivity index (χ1n) is 4.35. The van der Waals surface area contributed by atoms with Gasteiger partial charge in [0, 0.05) is 0 Å². The van der Waals surface area contributed by atoms with Gasteiger partial charge in [0.05, 0.1) is 5.75 Å². The summed E-state index contributed by atoms with van der Waals surface area (Å²) in [6.45, 7) is 0.262. The Balaban J connectivity index is 2.26. The molecule has 0 saturated carbocycles. The zero-order valence-electron chi connectivity index (χ0n) is 8.10. The second-order valence-corrected chi connectivity index (χ2v) is 3.82. The molecule has 0 fully saturated rings. The van der Waals surface area contributed by atoms with Gasteiger partial charge in [-0.15, -0.1) is 0 Å². The number of thioether (sulfide) groups is 1. The number of rotatable bonds is 4. The fourth-order valence-electron chi connectivity index (χ4n) is 0.916. The minimum Gasteiger partial charge on any atom is -0.460 e. The fraction of sp³-hybridized carbons (Fsp3) is 0.200. The van der Waals surface area contributed by atoms with Crippen molar-refractivity contribution in [2.75, 3.05) is 5.75 Å². The number of ether oxygens (including phenoxy) is 1. The summed E-state index contributed by atoms with van der Waals surface area (Å²) < 4.78 is 4.97. The van der Waals surface area contributed by atoms with Gasteiger partial charge in [-0.25, -0.2) is 0 Å². The second kappa shape index (κ2) is 6.08. The molecule has 1 aromatic rings. The van der Waals surface area contributed by atoms with Crippen LogP contribution in [0.5, 0.6) is 0 Å². The molecule has 80 valence electrons. The molecule has 0 amide bonds. The van der Waals surface area contributed by atoms with Gasteiger partial charge >= 0.3 is 5.97 Å². The molecule has 0 saturated heterocycles. The van der Waals surface area contributed by atoms with E-state index >= 15 is 0 Å². The zero-order chi connectivity index (χ0) is 11.1. The lowest BCUT2D eigenvalue weighted by Gasteiger charge is -2.03. The topological polar surface area (TPSA) is 76.2 Å². The quantitative estimate of drug-likeness (QED) is 0.460. The van der Waals surface area contributed by atoms with Gasteiger partial charge in [-0.1, -0.05) is 42.1 Å². The lowest BCUT2D eigenvalue weighted by atomic mass is 10.2. The Morgan fingerprint density at radius 3 is 2.67 bits per heavy atom. The summed E-state index contributed by atoms with van der Waals surface area (Å²) in [5.74, 6) is -0.277. The molecule has 0 aromatic heterocycles. The van der Waals surface area contributed by atoms with Crippen LogP contribution in [0, 0.1) is 5.41 Å². The predicted molar refractivity (Wildman–Crippen MR) is 60.6 cm³/mol. The monoisotopic (exact) mass is 224 g/mol. The maximum Gasteiger partial charge on any atom is 0.316 e. The van der Waals surface area contributed by atoms with Crippen molar-refractivity contribution in [3.05, 3.63) is 35.9 Å². The lowest BCUT2D eigenvalue weighted by Crippen LogP contribution is -2.12. The van der Waals surface area contributed by atoms with Crippen molar-refractivity contribution in [3.8, 4) is 0 Å². The highest BCUT2D eigenvalue weighted by Crippen LogP contribution is 2.03. The summed E-state index contributed by atoms with van der Waals surface area (Å²) in [7, 11) is 0. The van der Waals surface area contributed by atoms with Crippen molar-refractivity contribution >= 4 is 22.9 Å². The SMILES string of the molecule is N=C(N)SCC(=O)OCc1ccccc1. The maximum absolute atomic E-state index is 11.1. The molecule has 4 nitrogen and oxygen atoms in total. The number of nitrogens with two attached hydrogens (primary N) is 1. The molecule has 0 spiro atoms. The minimum atomic E-state index is -0.362. The van der Waals surface area contributed by atoms with Crippen LogP contribution in [0.4, 0.5) is 0 Å². The summed E-state index contributed by atoms with van der Waals surface area (Å²) in [5.41, 5.74) is 6.03. The standard InChI is InChI=1S/C10H12N2O2S/c11-10(12)15-7-9(13)14-6-8-4-2-1-3-5-8/h1-5H,6-7H2,(H3,11,12). The molecule has 0 aliphatic carbocycles. The summed E-state index contributed by atoms with van der Waals surface area (Å²) in [5, 5.41) is 6.84. The van der Waals surface area contributed by atoms with Gasteiger partial charge in [-0.2, -0.15) is 0 Å². The summed E-state index contributed by atoms with van der Waals surface area (Å²) >= 11 is 0.961. The number of benzene rings is 1. The predicted octanol–water partition coefficient (Wildman–Crippen LogP) is 1.36. The van der Waals surface area contributed by atoms with E-state index < -0.39 is 0 Å². The Morgan fingerprint density at radius 2 is 2.07 bits per heavy atom. The smallest absolute Gasteiger partial charge is 0.316 e. The Hall–Kier alpha value is -1.49. The highest BCUT2D eigenvalue weighted by molar-refractivity contribution is 8.14. The van der Waals surface area contributed by atoms with Crippen molar-refractivity contribution in [2.45, 2.75) is 6.61 Å². The molecule has 0 unspecified atom stereocenters. The number of amidine groups is 1. The lowest BCUT2D eigenvalue weighted by molar-refractivity contribution is -0.141. The molecule has 15 heavy (non-hydrogen) atoms. The van der Waals surface area contributed by atoms with E-state index in [1.54, 1.807) is 0 Å². The van der Waals surface area contributed by atoms with E-state index in [1.165, 1.54) is 0 Å². The normalized spacial score (nSPS) is 9.60. The Kier molecular flexibility index (Phi) is 4.70. The highest BCUT2D eigenvalue weighted by Gasteiger charge is 2.04. The molecular formula is C10H12N2O2S. The average Bonchev–Trinajstić information content (AvgIpc) is 2.25. The first-order valence-corrected chi connectivity index (χ1v) is 5.33. The van der Waals surface area contributed by atoms with E-state index in [0.717, 1.165) is 17.3 Å². The van der Waals surface area contributed by atoms with Crippen molar-refractivity contribution in [3.63, 3.8) is 0 Å². The average molecular weight is 224 g/mol. The number of esters is 1. The van der Waals surface area contributed by atoms with Crippen molar-refractivity contribution < 1.29 is 9.53 Å². The second-order valence-electron chi connectivity index (χ2n) is 2.80. The molecule has 5 heteroatoms. The van der Waals surface area contributed by atoms with Gasteiger partial charge < -0.3 is 10.5 Å². The van der Waals surface area contributed by atoms with Gasteiger partial charge in [-0.05, 0) is 5.56 Å². The van der Waals surface area contributed by atoms with E-state index in [4.69, 9.17) is 15.9 Å². The first kappa shape index (κ1) is 11.6. The third-order valence-corrected chi connectivity index (χ3v) is 2.28. The first-order chi connectivity index (χ1) is 7.18. The van der Waals surface area contributed by atoms with Crippen molar-refractivity contribution in [1.29, 1.82) is 5.41 Å². The molecule has 0 atom stereocenters. The number of carbonyl (C=O) groups excluding carboxylic acids is 1. The van der Waals surface area contributed by atoms with Crippen LogP contribution in [0.1, 0.15) is 5.56 Å². The van der Waals surface area contributed by atoms with E-state index in [-0.39, 0.29) is 23.5 Å². The number of nitrogens with one attached hydrogen (secondary N) is 1. The number of carbonyl (C=O) groups is 1. The van der Waals surface area contributed by atoms with E-state index in [2.05, 4.69) is 0 Å². The molecule has 1 aromatic carbocycles. The van der Waals surface area contributed by atoms with E-state index in [0.29, 0.717) is 0 Å².